The summed E-state index contributed by atoms with van der Waals surface area (Å²) in [5.74, 6) is 1.70. The fourth-order valence-corrected chi connectivity index (χ4v) is 5.27. The molecule has 0 fully saturated rings. The third-order valence-electron chi connectivity index (χ3n) is 5.97. The molecule has 2 heterocycles. The van der Waals surface area contributed by atoms with Crippen molar-refractivity contribution in [3.05, 3.63) is 78.5 Å². The maximum absolute atomic E-state index is 13.9. The Bertz CT molecular complexity index is 1550. The summed E-state index contributed by atoms with van der Waals surface area (Å²) in [5, 5.41) is 0. The highest BCUT2D eigenvalue weighted by Gasteiger charge is 2.35. The topological polar surface area (TPSA) is 97.6 Å². The number of benzene rings is 2. The molecule has 0 saturated heterocycles. The predicted molar refractivity (Wildman–Crippen MR) is 139 cm³/mol. The number of carbonyl (C=O) groups is 1. The van der Waals surface area contributed by atoms with Gasteiger partial charge in [-0.2, -0.15) is 0 Å². The maximum atomic E-state index is 13.9. The van der Waals surface area contributed by atoms with Gasteiger partial charge < -0.3 is 23.7 Å². The molecule has 4 rings (SSSR count). The van der Waals surface area contributed by atoms with E-state index in [-0.39, 0.29) is 17.7 Å². The second kappa shape index (κ2) is 10.9. The van der Waals surface area contributed by atoms with Crippen molar-refractivity contribution in [1.29, 1.82) is 0 Å². The number of ether oxygens (including phenoxy) is 5. The molecule has 3 aromatic rings. The summed E-state index contributed by atoms with van der Waals surface area (Å²) in [6, 6.07) is 9.75. The van der Waals surface area contributed by atoms with E-state index in [1.54, 1.807) is 77.7 Å². The van der Waals surface area contributed by atoms with Crippen LogP contribution in [0.25, 0.3) is 6.08 Å². The second-order valence-corrected chi connectivity index (χ2v) is 9.03. The van der Waals surface area contributed by atoms with E-state index < -0.39 is 12.0 Å². The van der Waals surface area contributed by atoms with Crippen LogP contribution < -0.4 is 33.8 Å². The minimum Gasteiger partial charge on any atom is -0.497 e. The first-order valence-corrected chi connectivity index (χ1v) is 12.3. The lowest BCUT2D eigenvalue weighted by atomic mass is 9.94. The van der Waals surface area contributed by atoms with Crippen LogP contribution in [0, 0.1) is 0 Å². The van der Waals surface area contributed by atoms with Crippen LogP contribution in [0.2, 0.25) is 0 Å². The number of methoxy groups -OCH3 is 4. The Balaban J connectivity index is 2.03. The van der Waals surface area contributed by atoms with E-state index in [0.717, 1.165) is 0 Å². The number of aromatic nitrogens is 1. The van der Waals surface area contributed by atoms with E-state index in [1.807, 2.05) is 0 Å². The smallest absolute Gasteiger partial charge is 0.338 e. The third kappa shape index (κ3) is 4.84. The van der Waals surface area contributed by atoms with Crippen molar-refractivity contribution in [3.8, 4) is 23.0 Å². The van der Waals surface area contributed by atoms with E-state index >= 15 is 0 Å². The summed E-state index contributed by atoms with van der Waals surface area (Å²) < 4.78 is 29.2. The Morgan fingerprint density at radius 2 is 1.65 bits per heavy atom. The summed E-state index contributed by atoms with van der Waals surface area (Å²) in [5.41, 5.74) is 1.64. The zero-order chi connectivity index (χ0) is 26.7. The quantitative estimate of drug-likeness (QED) is 0.418. The highest BCUT2D eigenvalue weighted by atomic mass is 32.1. The highest BCUT2D eigenvalue weighted by molar-refractivity contribution is 7.07. The summed E-state index contributed by atoms with van der Waals surface area (Å²) in [7, 11) is 6.21. The molecule has 0 bridgehead atoms. The molecule has 0 unspecified atom stereocenters. The molecule has 1 aromatic heterocycles. The molecule has 2 aromatic carbocycles. The number of carbonyl (C=O) groups excluding carboxylic acids is 1. The number of nitrogens with zero attached hydrogens (tertiary/aromatic N) is 2. The van der Waals surface area contributed by atoms with Gasteiger partial charge >= 0.3 is 5.97 Å². The summed E-state index contributed by atoms with van der Waals surface area (Å²) in [6.07, 6.45) is 1.73. The first-order valence-electron chi connectivity index (χ1n) is 11.5. The molecule has 37 heavy (non-hydrogen) atoms. The average Bonchev–Trinajstić information content (AvgIpc) is 3.21. The molecule has 0 spiro atoms. The first-order chi connectivity index (χ1) is 17.9. The van der Waals surface area contributed by atoms with Gasteiger partial charge in [0.05, 0.1) is 50.8 Å². The summed E-state index contributed by atoms with van der Waals surface area (Å²) >= 11 is 1.22. The molecule has 9 nitrogen and oxygen atoms in total. The van der Waals surface area contributed by atoms with Crippen LogP contribution in [-0.4, -0.2) is 45.6 Å². The number of esters is 1. The van der Waals surface area contributed by atoms with E-state index in [2.05, 4.69) is 4.99 Å². The van der Waals surface area contributed by atoms with Crippen molar-refractivity contribution >= 4 is 23.4 Å². The van der Waals surface area contributed by atoms with Crippen molar-refractivity contribution in [1.82, 2.24) is 4.57 Å². The Hall–Kier alpha value is -4.05. The van der Waals surface area contributed by atoms with Gasteiger partial charge in [-0.3, -0.25) is 9.36 Å². The Morgan fingerprint density at radius 1 is 1.00 bits per heavy atom. The van der Waals surface area contributed by atoms with Gasteiger partial charge in [0.2, 0.25) is 0 Å². The van der Waals surface area contributed by atoms with Gasteiger partial charge in [-0.25, -0.2) is 9.79 Å². The van der Waals surface area contributed by atoms with Gasteiger partial charge in [-0.05, 0) is 56.3 Å². The maximum Gasteiger partial charge on any atom is 0.338 e. The van der Waals surface area contributed by atoms with Crippen molar-refractivity contribution < 1.29 is 28.5 Å². The van der Waals surface area contributed by atoms with Crippen LogP contribution in [0.5, 0.6) is 23.0 Å². The molecule has 1 aliphatic rings. The van der Waals surface area contributed by atoms with Crippen LogP contribution in [0.1, 0.15) is 31.0 Å². The van der Waals surface area contributed by atoms with Gasteiger partial charge in [0.1, 0.15) is 29.0 Å². The SMILES string of the molecule is CCOC(=O)C1=C(C)N=c2s/c(=C/c3cc(OC)ccc3OC)c(=O)n2[C@H]1c1cc(OC)ccc1OC. The van der Waals surface area contributed by atoms with Gasteiger partial charge in [0, 0.05) is 11.1 Å². The molecule has 1 atom stereocenters. The first kappa shape index (κ1) is 26.0. The van der Waals surface area contributed by atoms with Crippen molar-refractivity contribution in [2.24, 2.45) is 4.99 Å². The monoisotopic (exact) mass is 524 g/mol. The molecule has 194 valence electrons. The van der Waals surface area contributed by atoms with Crippen LogP contribution in [-0.2, 0) is 9.53 Å². The normalized spacial score (nSPS) is 15.1. The van der Waals surface area contributed by atoms with E-state index in [0.29, 0.717) is 49.2 Å². The Kier molecular flexibility index (Phi) is 7.68. The Morgan fingerprint density at radius 3 is 2.27 bits per heavy atom. The molecule has 10 heteroatoms. The van der Waals surface area contributed by atoms with Gasteiger partial charge in [0.25, 0.3) is 5.56 Å². The summed E-state index contributed by atoms with van der Waals surface area (Å²) in [6.45, 7) is 3.64. The fraction of sp³-hybridized carbons (Fsp3) is 0.296. The largest absolute Gasteiger partial charge is 0.497 e. The molecular formula is C27H28N2O7S. The van der Waals surface area contributed by atoms with Crippen LogP contribution in [0.15, 0.2) is 57.5 Å². The third-order valence-corrected chi connectivity index (χ3v) is 6.95. The van der Waals surface area contributed by atoms with E-state index in [1.165, 1.54) is 23.0 Å². The van der Waals surface area contributed by atoms with Crippen molar-refractivity contribution in [2.45, 2.75) is 19.9 Å². The minimum atomic E-state index is -0.838. The van der Waals surface area contributed by atoms with Crippen molar-refractivity contribution in [3.63, 3.8) is 0 Å². The standard InChI is InChI=1S/C27H28N2O7S/c1-7-36-26(31)23-15(2)28-27-29(24(23)19-14-18(33-4)9-11-21(19)35-6)25(30)22(37-27)13-16-12-17(32-3)8-10-20(16)34-5/h8-14,24H,7H2,1-6H3/b22-13+/t24-/m0/s1. The molecule has 0 aliphatic carbocycles. The molecule has 1 aliphatic heterocycles. The highest BCUT2D eigenvalue weighted by Crippen LogP contribution is 2.37. The van der Waals surface area contributed by atoms with Crippen LogP contribution >= 0.6 is 11.3 Å². The molecule has 0 N–H and O–H groups in total. The number of thiazole rings is 1. The number of hydrogen-bond donors (Lipinski definition) is 0. The Labute approximate surface area is 217 Å². The van der Waals surface area contributed by atoms with Gasteiger partial charge in [0.15, 0.2) is 4.80 Å². The molecule has 0 radical (unpaired) electrons. The van der Waals surface area contributed by atoms with Gasteiger partial charge in [-0.15, -0.1) is 0 Å². The number of rotatable bonds is 8. The van der Waals surface area contributed by atoms with Crippen LogP contribution in [0.4, 0.5) is 0 Å². The van der Waals surface area contributed by atoms with Gasteiger partial charge in [-0.1, -0.05) is 11.3 Å². The zero-order valence-corrected chi connectivity index (χ0v) is 22.3. The lowest BCUT2D eigenvalue weighted by Crippen LogP contribution is -2.40. The lowest BCUT2D eigenvalue weighted by Gasteiger charge is -2.26. The average molecular weight is 525 g/mol. The minimum absolute atomic E-state index is 0.178. The number of fused-ring (bicyclic) bond motifs is 1. The fourth-order valence-electron chi connectivity index (χ4n) is 4.23. The molecular weight excluding hydrogens is 496 g/mol. The molecule has 0 saturated carbocycles. The predicted octanol–water partition coefficient (Wildman–Crippen LogP) is 2.83. The molecule has 0 amide bonds. The number of hydrogen-bond acceptors (Lipinski definition) is 9. The summed E-state index contributed by atoms with van der Waals surface area (Å²) in [4.78, 5) is 32.1. The van der Waals surface area contributed by atoms with E-state index in [9.17, 15) is 9.59 Å². The van der Waals surface area contributed by atoms with Crippen molar-refractivity contribution in [2.75, 3.05) is 35.0 Å². The van der Waals surface area contributed by atoms with Crippen LogP contribution in [0.3, 0.4) is 0 Å². The van der Waals surface area contributed by atoms with E-state index in [4.69, 9.17) is 23.7 Å². The number of allylic oxidation sites excluding steroid dienone is 1. The second-order valence-electron chi connectivity index (χ2n) is 8.02. The lowest BCUT2D eigenvalue weighted by molar-refractivity contribution is -0.139. The zero-order valence-electron chi connectivity index (χ0n) is 21.5.